The Balaban J connectivity index is 1.41. The highest BCUT2D eigenvalue weighted by Crippen LogP contribution is 2.38. The predicted octanol–water partition coefficient (Wildman–Crippen LogP) is 5.84. The van der Waals surface area contributed by atoms with Gasteiger partial charge in [-0.05, 0) is 75.3 Å². The molecule has 43 heavy (non-hydrogen) atoms. The van der Waals surface area contributed by atoms with Crippen molar-refractivity contribution in [1.29, 1.82) is 5.41 Å². The zero-order chi connectivity index (χ0) is 29.8. The Bertz CT molecular complexity index is 1450. The van der Waals surface area contributed by atoms with Crippen LogP contribution in [0.1, 0.15) is 67.9 Å². The first-order chi connectivity index (χ1) is 21.0. The average molecular weight is 584 g/mol. The van der Waals surface area contributed by atoms with E-state index in [4.69, 9.17) is 24.4 Å². The number of hydrogen-bond acceptors (Lipinski definition) is 10. The summed E-state index contributed by atoms with van der Waals surface area (Å²) in [6, 6.07) is 10.3. The lowest BCUT2D eigenvalue weighted by Gasteiger charge is -2.31. The molecule has 10 nitrogen and oxygen atoms in total. The van der Waals surface area contributed by atoms with Gasteiger partial charge in [0.2, 0.25) is 5.95 Å². The summed E-state index contributed by atoms with van der Waals surface area (Å²) in [5, 5.41) is 12.8. The topological polar surface area (TPSA) is 117 Å². The molecule has 1 aliphatic carbocycles. The van der Waals surface area contributed by atoms with Crippen LogP contribution in [0.3, 0.4) is 0 Å². The van der Waals surface area contributed by atoms with Gasteiger partial charge in [-0.3, -0.25) is 0 Å². The highest BCUT2D eigenvalue weighted by Gasteiger charge is 2.30. The molecule has 4 heterocycles. The third-order valence-electron chi connectivity index (χ3n) is 8.87. The highest BCUT2D eigenvalue weighted by molar-refractivity contribution is 6.10. The summed E-state index contributed by atoms with van der Waals surface area (Å²) in [4.78, 5) is 31.8. The molecule has 0 radical (unpaired) electrons. The van der Waals surface area contributed by atoms with E-state index in [1.165, 1.54) is 12.8 Å². The number of nitrogens with zero attached hydrogens (tertiary/aromatic N) is 5. The molecule has 2 aromatic heterocycles. The van der Waals surface area contributed by atoms with Crippen LogP contribution < -0.4 is 15.1 Å². The molecule has 3 fully saturated rings. The molecule has 2 N–H and O–H groups in total. The van der Waals surface area contributed by atoms with Gasteiger partial charge < -0.3 is 30.0 Å². The maximum atomic E-state index is 13.0. The van der Waals surface area contributed by atoms with Crippen molar-refractivity contribution in [2.24, 2.45) is 5.92 Å². The van der Waals surface area contributed by atoms with Crippen LogP contribution in [0.2, 0.25) is 0 Å². The largest absolute Gasteiger partial charge is 0.461 e. The van der Waals surface area contributed by atoms with Crippen molar-refractivity contribution in [3.05, 3.63) is 54.0 Å². The maximum absolute atomic E-state index is 13.0. The fourth-order valence-electron chi connectivity index (χ4n) is 6.12. The minimum atomic E-state index is -0.504. The van der Waals surface area contributed by atoms with Gasteiger partial charge in [-0.25, -0.2) is 19.7 Å². The first kappa shape index (κ1) is 29.0. The number of carbonyl (C=O) groups is 1. The van der Waals surface area contributed by atoms with Crippen molar-refractivity contribution in [3.63, 3.8) is 0 Å². The fraction of sp³-hybridized carbons (Fsp3) is 0.485. The summed E-state index contributed by atoms with van der Waals surface area (Å²) in [7, 11) is 2.02. The summed E-state index contributed by atoms with van der Waals surface area (Å²) < 4.78 is 10.9. The summed E-state index contributed by atoms with van der Waals surface area (Å²) in [5.74, 6) is 0.754. The Kier molecular flexibility index (Phi) is 8.83. The standard InChI is InChI=1S/C33H41N7O3/c1-3-43-32(41)28-19-27(23-20-35-33(36-21-23)39(2)25-12-16-42-17-13-25)29(30(34)22-8-6-9-22)31(38-28)37-24-10-7-11-26(18-24)40-14-4-5-15-40/h7,10-11,18-22,25,34H,3-6,8-9,12-17H2,1-2H3,(H,37,38). The van der Waals surface area contributed by atoms with Crippen LogP contribution in [0, 0.1) is 11.3 Å². The maximum Gasteiger partial charge on any atom is 0.357 e. The number of aromatic nitrogens is 3. The van der Waals surface area contributed by atoms with Crippen LogP contribution in [0.15, 0.2) is 42.7 Å². The number of nitrogens with one attached hydrogen (secondary N) is 2. The molecule has 0 amide bonds. The van der Waals surface area contributed by atoms with Crippen LogP contribution in [-0.4, -0.2) is 72.6 Å². The summed E-state index contributed by atoms with van der Waals surface area (Å²) in [6.07, 6.45) is 10.9. The minimum absolute atomic E-state index is 0.144. The predicted molar refractivity (Wildman–Crippen MR) is 169 cm³/mol. The van der Waals surface area contributed by atoms with Crippen molar-refractivity contribution in [3.8, 4) is 11.1 Å². The second-order valence-electron chi connectivity index (χ2n) is 11.6. The fourth-order valence-corrected chi connectivity index (χ4v) is 6.12. The van der Waals surface area contributed by atoms with Crippen LogP contribution in [-0.2, 0) is 9.47 Å². The second-order valence-corrected chi connectivity index (χ2v) is 11.6. The molecule has 0 spiro atoms. The van der Waals surface area contributed by atoms with Crippen LogP contribution >= 0.6 is 0 Å². The number of ether oxygens (including phenoxy) is 2. The Morgan fingerprint density at radius 2 is 1.84 bits per heavy atom. The number of hydrogen-bond donors (Lipinski definition) is 2. The van der Waals surface area contributed by atoms with Crippen LogP contribution in [0.5, 0.6) is 0 Å². The number of rotatable bonds is 10. The van der Waals surface area contributed by atoms with Gasteiger partial charge in [-0.1, -0.05) is 12.5 Å². The van der Waals surface area contributed by atoms with E-state index in [0.717, 1.165) is 75.3 Å². The first-order valence-corrected chi connectivity index (χ1v) is 15.6. The second kappa shape index (κ2) is 13.1. The van der Waals surface area contributed by atoms with Gasteiger partial charge >= 0.3 is 5.97 Å². The normalized spacial score (nSPS) is 17.4. The van der Waals surface area contributed by atoms with E-state index in [0.29, 0.717) is 34.6 Å². The molecule has 10 heteroatoms. The third-order valence-corrected chi connectivity index (χ3v) is 8.87. The molecule has 1 saturated carbocycles. The highest BCUT2D eigenvalue weighted by atomic mass is 16.5. The van der Waals surface area contributed by atoms with E-state index in [-0.39, 0.29) is 18.2 Å². The zero-order valence-corrected chi connectivity index (χ0v) is 25.1. The van der Waals surface area contributed by atoms with Crippen molar-refractivity contribution in [1.82, 2.24) is 15.0 Å². The molecule has 1 aromatic carbocycles. The van der Waals surface area contributed by atoms with Crippen molar-refractivity contribution in [2.45, 2.75) is 57.9 Å². The SMILES string of the molecule is CCOC(=O)c1cc(-c2cnc(N(C)C3CCOCC3)nc2)c(C(=N)C2CCC2)c(Nc2cccc(N3CCCC3)c2)n1. The van der Waals surface area contributed by atoms with Crippen molar-refractivity contribution in [2.75, 3.05) is 55.1 Å². The molecular weight excluding hydrogens is 542 g/mol. The summed E-state index contributed by atoms with van der Waals surface area (Å²) in [6.45, 7) is 5.59. The van der Waals surface area contributed by atoms with E-state index < -0.39 is 5.97 Å². The molecule has 0 bridgehead atoms. The van der Waals surface area contributed by atoms with Gasteiger partial charge in [-0.15, -0.1) is 0 Å². The zero-order valence-electron chi connectivity index (χ0n) is 25.1. The number of benzene rings is 1. The number of carbonyl (C=O) groups excluding carboxylic acids is 1. The lowest BCUT2D eigenvalue weighted by atomic mass is 9.78. The quantitative estimate of drug-likeness (QED) is 0.224. The van der Waals surface area contributed by atoms with E-state index in [9.17, 15) is 10.2 Å². The lowest BCUT2D eigenvalue weighted by molar-refractivity contribution is 0.0519. The molecule has 3 aromatic rings. The van der Waals surface area contributed by atoms with Crippen molar-refractivity contribution < 1.29 is 14.3 Å². The van der Waals surface area contributed by atoms with E-state index in [1.54, 1.807) is 25.4 Å². The monoisotopic (exact) mass is 583 g/mol. The van der Waals surface area contributed by atoms with Gasteiger partial charge in [0, 0.05) is 85.9 Å². The van der Waals surface area contributed by atoms with Gasteiger partial charge in [0.1, 0.15) is 5.82 Å². The molecule has 0 atom stereocenters. The summed E-state index contributed by atoms with van der Waals surface area (Å²) in [5.41, 5.74) is 4.82. The smallest absolute Gasteiger partial charge is 0.357 e. The van der Waals surface area contributed by atoms with Gasteiger partial charge in [0.25, 0.3) is 0 Å². The first-order valence-electron chi connectivity index (χ1n) is 15.6. The van der Waals surface area contributed by atoms with Gasteiger partial charge in [0.05, 0.1) is 6.61 Å². The van der Waals surface area contributed by atoms with Crippen molar-refractivity contribution >= 4 is 34.8 Å². The third kappa shape index (κ3) is 6.34. The molecule has 6 rings (SSSR count). The molecular formula is C33H41N7O3. The van der Waals surface area contributed by atoms with E-state index >= 15 is 0 Å². The van der Waals surface area contributed by atoms with E-state index in [1.807, 2.05) is 19.2 Å². The molecule has 226 valence electrons. The molecule has 2 aliphatic heterocycles. The minimum Gasteiger partial charge on any atom is -0.461 e. The average Bonchev–Trinajstić information content (AvgIpc) is 3.56. The number of pyridine rings is 1. The number of esters is 1. The van der Waals surface area contributed by atoms with Crippen LogP contribution in [0.4, 0.5) is 23.1 Å². The molecule has 3 aliphatic rings. The Morgan fingerprint density at radius 3 is 2.51 bits per heavy atom. The van der Waals surface area contributed by atoms with E-state index in [2.05, 4.69) is 27.2 Å². The van der Waals surface area contributed by atoms with Crippen LogP contribution in [0.25, 0.3) is 11.1 Å². The summed E-state index contributed by atoms with van der Waals surface area (Å²) >= 11 is 0. The van der Waals surface area contributed by atoms with Gasteiger partial charge in [0.15, 0.2) is 5.69 Å². The Hall–Kier alpha value is -4.05. The van der Waals surface area contributed by atoms with Gasteiger partial charge in [-0.2, -0.15) is 0 Å². The number of anilines is 4. The Labute approximate surface area is 253 Å². The lowest BCUT2D eigenvalue weighted by Crippen LogP contribution is -2.37. The molecule has 2 saturated heterocycles. The Morgan fingerprint density at radius 1 is 1.09 bits per heavy atom. The molecule has 0 unspecified atom stereocenters.